The van der Waals surface area contributed by atoms with Crippen LogP contribution in [0.3, 0.4) is 0 Å². The van der Waals surface area contributed by atoms with Crippen LogP contribution >= 0.6 is 48.6 Å². The minimum absolute atomic E-state index is 0. The van der Waals surface area contributed by atoms with E-state index in [-0.39, 0.29) is 60.9 Å². The lowest BCUT2D eigenvalue weighted by molar-refractivity contribution is -0.145. The zero-order valence-electron chi connectivity index (χ0n) is 26.0. The van der Waals surface area contributed by atoms with Crippen molar-refractivity contribution in [3.05, 3.63) is 87.1 Å². The van der Waals surface area contributed by atoms with Crippen LogP contribution in [0.5, 0.6) is 0 Å². The van der Waals surface area contributed by atoms with Gasteiger partial charge in [-0.3, -0.25) is 9.69 Å². The number of halogens is 4. The largest absolute Gasteiger partial charge is 0.480 e. The second kappa shape index (κ2) is 17.3. The summed E-state index contributed by atoms with van der Waals surface area (Å²) in [6.45, 7) is 9.18. The molecule has 5 rings (SSSR count). The molecule has 0 amide bonds. The normalized spacial score (nSPS) is 21.4. The van der Waals surface area contributed by atoms with Crippen molar-refractivity contribution in [3.63, 3.8) is 0 Å². The van der Waals surface area contributed by atoms with Gasteiger partial charge in [0.25, 0.3) is 0 Å². The van der Waals surface area contributed by atoms with Gasteiger partial charge < -0.3 is 10.0 Å². The number of carboxylic acid groups (broad SMARTS) is 1. The van der Waals surface area contributed by atoms with E-state index in [4.69, 9.17) is 4.98 Å². The first-order valence-corrected chi connectivity index (χ1v) is 15.9. The summed E-state index contributed by atoms with van der Waals surface area (Å²) in [6.07, 6.45) is 4.95. The molecular formula is C34H47Cl3FN3O2S. The van der Waals surface area contributed by atoms with Crippen LogP contribution in [0.2, 0.25) is 0 Å². The summed E-state index contributed by atoms with van der Waals surface area (Å²) in [5.41, 5.74) is 3.54. The van der Waals surface area contributed by atoms with Gasteiger partial charge in [0.15, 0.2) is 0 Å². The van der Waals surface area contributed by atoms with E-state index >= 15 is 0 Å². The van der Waals surface area contributed by atoms with Gasteiger partial charge in [0.05, 0.1) is 10.7 Å². The number of aromatic nitrogens is 1. The summed E-state index contributed by atoms with van der Waals surface area (Å²) in [6, 6.07) is 17.3. The Morgan fingerprint density at radius 3 is 2.36 bits per heavy atom. The molecule has 1 saturated heterocycles. The van der Waals surface area contributed by atoms with Crippen molar-refractivity contribution in [2.75, 3.05) is 26.7 Å². The molecule has 4 atom stereocenters. The van der Waals surface area contributed by atoms with Gasteiger partial charge >= 0.3 is 5.97 Å². The minimum atomic E-state index is -0.763. The molecule has 0 bridgehead atoms. The molecule has 2 aliphatic rings. The van der Waals surface area contributed by atoms with Crippen molar-refractivity contribution >= 4 is 54.5 Å². The molecule has 2 heterocycles. The summed E-state index contributed by atoms with van der Waals surface area (Å²) < 4.78 is 14.3. The molecule has 1 aliphatic carbocycles. The Morgan fingerprint density at radius 1 is 1.07 bits per heavy atom. The van der Waals surface area contributed by atoms with E-state index in [2.05, 4.69) is 47.1 Å². The number of likely N-dealkylation sites (N-methyl/N-ethyl adjacent to an activating group) is 1. The van der Waals surface area contributed by atoms with Gasteiger partial charge in [-0.25, -0.2) is 9.37 Å². The van der Waals surface area contributed by atoms with Gasteiger partial charge in [0, 0.05) is 23.9 Å². The van der Waals surface area contributed by atoms with Gasteiger partial charge in [-0.2, -0.15) is 0 Å². The van der Waals surface area contributed by atoms with Crippen LogP contribution < -0.4 is 0 Å². The molecular weight excluding hydrogens is 640 g/mol. The SMILES string of the molecule is Cc1nc(Cc2ccccc2)sc1C1CCN(C[C@H]2C[C@H](N(C)[C@@H](C(=O)O)C(C)C)C[C@@H]2c2cccc(F)c2)CC1.Cl.Cl.Cl. The molecule has 0 radical (unpaired) electrons. The number of benzene rings is 2. The molecule has 10 heteroatoms. The van der Waals surface area contributed by atoms with E-state index in [0.29, 0.717) is 11.8 Å². The smallest absolute Gasteiger partial charge is 0.321 e. The van der Waals surface area contributed by atoms with Gasteiger partial charge in [0.1, 0.15) is 11.9 Å². The highest BCUT2D eigenvalue weighted by atomic mass is 35.5. The van der Waals surface area contributed by atoms with Crippen molar-refractivity contribution in [1.82, 2.24) is 14.8 Å². The Kier molecular flexibility index (Phi) is 15.1. The number of thiazole rings is 1. The molecule has 1 aliphatic heterocycles. The number of aliphatic carboxylic acids is 1. The third kappa shape index (κ3) is 9.17. The summed E-state index contributed by atoms with van der Waals surface area (Å²) in [5, 5.41) is 11.1. The Morgan fingerprint density at radius 2 is 1.75 bits per heavy atom. The van der Waals surface area contributed by atoms with E-state index in [9.17, 15) is 14.3 Å². The molecule has 3 aromatic rings. The lowest BCUT2D eigenvalue weighted by atomic mass is 9.87. The molecule has 1 saturated carbocycles. The Hall–Kier alpha value is -1.74. The molecule has 2 fully saturated rings. The van der Waals surface area contributed by atoms with Crippen LogP contribution in [0, 0.1) is 24.6 Å². The molecule has 2 aromatic carbocycles. The summed E-state index contributed by atoms with van der Waals surface area (Å²) in [5.74, 6) is 0.201. The number of likely N-dealkylation sites (tertiary alicyclic amines) is 1. The fourth-order valence-electron chi connectivity index (χ4n) is 7.33. The lowest BCUT2D eigenvalue weighted by Gasteiger charge is -2.35. The third-order valence-corrected chi connectivity index (χ3v) is 10.7. The predicted octanol–water partition coefficient (Wildman–Crippen LogP) is 8.23. The topological polar surface area (TPSA) is 56.7 Å². The van der Waals surface area contributed by atoms with E-state index in [1.54, 1.807) is 6.07 Å². The maximum Gasteiger partial charge on any atom is 0.321 e. The highest BCUT2D eigenvalue weighted by molar-refractivity contribution is 7.11. The van der Waals surface area contributed by atoms with Gasteiger partial charge in [-0.1, -0.05) is 56.3 Å². The van der Waals surface area contributed by atoms with Crippen molar-refractivity contribution in [2.24, 2.45) is 11.8 Å². The summed E-state index contributed by atoms with van der Waals surface area (Å²) >= 11 is 1.89. The monoisotopic (exact) mass is 685 g/mol. The van der Waals surface area contributed by atoms with Crippen LogP contribution in [-0.4, -0.2) is 64.6 Å². The quantitative estimate of drug-likeness (QED) is 0.233. The number of aryl methyl sites for hydroxylation is 1. The summed E-state index contributed by atoms with van der Waals surface area (Å²) in [7, 11) is 1.96. The number of carbonyl (C=O) groups is 1. The molecule has 1 N–H and O–H groups in total. The first-order chi connectivity index (χ1) is 19.7. The van der Waals surface area contributed by atoms with E-state index in [0.717, 1.165) is 57.3 Å². The third-order valence-electron chi connectivity index (χ3n) is 9.37. The van der Waals surface area contributed by atoms with E-state index in [1.165, 1.54) is 27.2 Å². The molecule has 5 nitrogen and oxygen atoms in total. The van der Waals surface area contributed by atoms with Crippen LogP contribution in [-0.2, 0) is 11.2 Å². The van der Waals surface area contributed by atoms with Crippen molar-refractivity contribution in [1.29, 1.82) is 0 Å². The number of nitrogens with zero attached hydrogens (tertiary/aromatic N) is 3. The zero-order valence-corrected chi connectivity index (χ0v) is 29.3. The minimum Gasteiger partial charge on any atom is -0.480 e. The predicted molar refractivity (Wildman–Crippen MR) is 186 cm³/mol. The first-order valence-electron chi connectivity index (χ1n) is 15.1. The molecule has 0 spiro atoms. The lowest BCUT2D eigenvalue weighted by Crippen LogP contribution is -2.47. The second-order valence-electron chi connectivity index (χ2n) is 12.5. The molecule has 0 unspecified atom stereocenters. The Bertz CT molecular complexity index is 1320. The van der Waals surface area contributed by atoms with Crippen LogP contribution in [0.25, 0.3) is 0 Å². The first kappa shape index (κ1) is 38.4. The summed E-state index contributed by atoms with van der Waals surface area (Å²) in [4.78, 5) is 23.1. The molecule has 244 valence electrons. The number of rotatable bonds is 10. The van der Waals surface area contributed by atoms with Crippen LogP contribution in [0.1, 0.15) is 78.1 Å². The highest BCUT2D eigenvalue weighted by Gasteiger charge is 2.42. The number of hydrogen-bond donors (Lipinski definition) is 1. The zero-order chi connectivity index (χ0) is 29.1. The van der Waals surface area contributed by atoms with Gasteiger partial charge in [0.2, 0.25) is 0 Å². The highest BCUT2D eigenvalue weighted by Crippen LogP contribution is 2.44. The van der Waals surface area contributed by atoms with Crippen molar-refractivity contribution in [2.45, 2.75) is 76.8 Å². The maximum atomic E-state index is 14.3. The number of carboxylic acids is 1. The molecule has 44 heavy (non-hydrogen) atoms. The standard InChI is InChI=1S/C34H44FN3O2S.3ClH/c1-22(2)32(34(39)40)37(4)29-19-27(30(20-29)26-11-8-12-28(35)18-26)21-38-15-13-25(14-16-38)33-23(3)36-31(41-33)17-24-9-6-5-7-10-24;;;/h5-12,18,22,25,27,29-30,32H,13-17,19-21H2,1-4H3,(H,39,40);3*1H/t27-,29+,30-,32-;;;/m1.../s1. The van der Waals surface area contributed by atoms with Gasteiger partial charge in [-0.05, 0) is 99.7 Å². The van der Waals surface area contributed by atoms with E-state index < -0.39 is 12.0 Å². The second-order valence-corrected chi connectivity index (χ2v) is 13.6. The maximum absolute atomic E-state index is 14.3. The van der Waals surface area contributed by atoms with Crippen molar-refractivity contribution < 1.29 is 14.3 Å². The molecule has 1 aromatic heterocycles. The Labute approximate surface area is 284 Å². The van der Waals surface area contributed by atoms with Crippen molar-refractivity contribution in [3.8, 4) is 0 Å². The average molecular weight is 687 g/mol. The van der Waals surface area contributed by atoms with Crippen LogP contribution in [0.15, 0.2) is 54.6 Å². The number of hydrogen-bond acceptors (Lipinski definition) is 5. The van der Waals surface area contributed by atoms with E-state index in [1.807, 2.05) is 44.4 Å². The fourth-order valence-corrected chi connectivity index (χ4v) is 8.60. The van der Waals surface area contributed by atoms with Crippen LogP contribution in [0.4, 0.5) is 4.39 Å². The number of piperidine rings is 1. The van der Waals surface area contributed by atoms with Gasteiger partial charge in [-0.15, -0.1) is 48.6 Å². The average Bonchev–Trinajstić information content (AvgIpc) is 3.52. The fraction of sp³-hybridized carbons (Fsp3) is 0.529. The Balaban J connectivity index is 0.00000225.